The van der Waals surface area contributed by atoms with Crippen LogP contribution in [-0.4, -0.2) is 14.2 Å². The molecule has 2 rings (SSSR count). The molecule has 0 spiro atoms. The number of nitrogens with zero attached hydrogens (tertiary/aromatic N) is 2. The summed E-state index contributed by atoms with van der Waals surface area (Å²) in [7, 11) is -1.26. The molecule has 18 heavy (non-hydrogen) atoms. The fourth-order valence-electron chi connectivity index (χ4n) is 1.34. The van der Waals surface area contributed by atoms with Gasteiger partial charge in [-0.3, -0.25) is 9.19 Å². The summed E-state index contributed by atoms with van der Waals surface area (Å²) in [6.07, 6.45) is 3.17. The summed E-state index contributed by atoms with van der Waals surface area (Å²) >= 11 is 11.7. The van der Waals surface area contributed by atoms with E-state index in [1.54, 1.807) is 18.3 Å². The van der Waals surface area contributed by atoms with E-state index in [9.17, 15) is 4.21 Å². The molecule has 2 heterocycles. The van der Waals surface area contributed by atoms with Gasteiger partial charge in [0.1, 0.15) is 5.03 Å². The average molecular weight is 301 g/mol. The molecule has 0 fully saturated rings. The lowest BCUT2D eigenvalue weighted by molar-refractivity contribution is 0.679. The number of aryl methyl sites for hydroxylation is 1. The molecule has 2 aromatic heterocycles. The van der Waals surface area contributed by atoms with Gasteiger partial charge in [0, 0.05) is 12.4 Å². The van der Waals surface area contributed by atoms with Crippen LogP contribution in [0.3, 0.4) is 0 Å². The van der Waals surface area contributed by atoms with Crippen molar-refractivity contribution in [2.24, 2.45) is 0 Å². The molecule has 0 bridgehead atoms. The summed E-state index contributed by atoms with van der Waals surface area (Å²) in [4.78, 5) is 8.20. The summed E-state index contributed by atoms with van der Waals surface area (Å²) in [6.45, 7) is 1.93. The fraction of sp³-hybridized carbons (Fsp3) is 0.167. The maximum absolute atomic E-state index is 12.1. The molecule has 0 N–H and O–H groups in total. The third-order valence-corrected chi connectivity index (χ3v) is 4.05. The standard InChI is InChI=1S/C12H10Cl2N2OS/c1-8-2-3-12(16-5-8)18(17)7-11-10(14)4-9(13)6-15-11/h2-6H,7H2,1H3/t18-/m0/s1. The van der Waals surface area contributed by atoms with Gasteiger partial charge in [-0.25, -0.2) is 4.98 Å². The van der Waals surface area contributed by atoms with Crippen molar-refractivity contribution in [1.82, 2.24) is 9.97 Å². The van der Waals surface area contributed by atoms with E-state index in [4.69, 9.17) is 23.2 Å². The van der Waals surface area contributed by atoms with Gasteiger partial charge in [-0.1, -0.05) is 29.3 Å². The Bertz CT molecular complexity index is 587. The first kappa shape index (κ1) is 13.5. The monoisotopic (exact) mass is 300 g/mol. The number of halogens is 2. The first-order chi connectivity index (χ1) is 8.56. The van der Waals surface area contributed by atoms with Crippen LogP contribution in [0.25, 0.3) is 0 Å². The van der Waals surface area contributed by atoms with Crippen molar-refractivity contribution < 1.29 is 4.21 Å². The molecule has 0 saturated heterocycles. The van der Waals surface area contributed by atoms with Gasteiger partial charge in [0.25, 0.3) is 0 Å². The number of rotatable bonds is 3. The van der Waals surface area contributed by atoms with Gasteiger partial charge >= 0.3 is 0 Å². The lowest BCUT2D eigenvalue weighted by atomic mass is 10.3. The Hall–Kier alpha value is -0.970. The zero-order chi connectivity index (χ0) is 13.1. The van der Waals surface area contributed by atoms with Crippen molar-refractivity contribution in [3.8, 4) is 0 Å². The highest BCUT2D eigenvalue weighted by atomic mass is 35.5. The smallest absolute Gasteiger partial charge is 0.127 e. The van der Waals surface area contributed by atoms with Gasteiger partial charge in [-0.05, 0) is 24.6 Å². The highest BCUT2D eigenvalue weighted by Gasteiger charge is 2.10. The Kier molecular flexibility index (Phi) is 4.32. The van der Waals surface area contributed by atoms with E-state index in [0.717, 1.165) is 5.56 Å². The van der Waals surface area contributed by atoms with Crippen LogP contribution in [-0.2, 0) is 16.6 Å². The molecule has 2 aromatic rings. The third kappa shape index (κ3) is 3.28. The van der Waals surface area contributed by atoms with Crippen molar-refractivity contribution in [3.63, 3.8) is 0 Å². The molecule has 0 saturated carbocycles. The first-order valence-corrected chi connectivity index (χ1v) is 7.24. The van der Waals surface area contributed by atoms with Crippen LogP contribution in [0, 0.1) is 6.92 Å². The molecule has 0 aliphatic rings. The topological polar surface area (TPSA) is 42.9 Å². The molecule has 3 nitrogen and oxygen atoms in total. The van der Waals surface area contributed by atoms with Crippen LogP contribution < -0.4 is 0 Å². The van der Waals surface area contributed by atoms with E-state index in [-0.39, 0.29) is 5.75 Å². The Balaban J connectivity index is 2.18. The van der Waals surface area contributed by atoms with Crippen molar-refractivity contribution in [2.45, 2.75) is 17.7 Å². The molecule has 0 unspecified atom stereocenters. The zero-order valence-corrected chi connectivity index (χ0v) is 11.9. The number of aromatic nitrogens is 2. The second-order valence-electron chi connectivity index (χ2n) is 3.75. The highest BCUT2D eigenvalue weighted by Crippen LogP contribution is 2.20. The summed E-state index contributed by atoms with van der Waals surface area (Å²) in [6, 6.07) is 5.21. The van der Waals surface area contributed by atoms with Crippen molar-refractivity contribution >= 4 is 34.0 Å². The van der Waals surface area contributed by atoms with Crippen LogP contribution in [0.5, 0.6) is 0 Å². The van der Waals surface area contributed by atoms with E-state index >= 15 is 0 Å². The summed E-state index contributed by atoms with van der Waals surface area (Å²) < 4.78 is 12.1. The minimum absolute atomic E-state index is 0.228. The number of hydrogen-bond donors (Lipinski definition) is 0. The predicted octanol–water partition coefficient (Wildman–Crippen LogP) is 3.40. The molecule has 0 aliphatic heterocycles. The lowest BCUT2D eigenvalue weighted by Crippen LogP contribution is -2.01. The first-order valence-electron chi connectivity index (χ1n) is 5.17. The molecule has 0 aliphatic carbocycles. The van der Waals surface area contributed by atoms with Crippen LogP contribution in [0.2, 0.25) is 10.0 Å². The van der Waals surface area contributed by atoms with Gasteiger partial charge in [0.2, 0.25) is 0 Å². The van der Waals surface area contributed by atoms with Crippen LogP contribution in [0.4, 0.5) is 0 Å². The molecule has 6 heteroatoms. The minimum atomic E-state index is -1.26. The summed E-state index contributed by atoms with van der Waals surface area (Å²) in [5, 5.41) is 1.40. The number of pyridine rings is 2. The molecule has 0 radical (unpaired) electrons. The maximum Gasteiger partial charge on any atom is 0.127 e. The molecule has 0 amide bonds. The SMILES string of the molecule is Cc1ccc([S@@](=O)Cc2ncc(Cl)cc2Cl)nc1. The Morgan fingerprint density at radius 2 is 2.00 bits per heavy atom. The second-order valence-corrected chi connectivity index (χ2v) is 5.99. The predicted molar refractivity (Wildman–Crippen MR) is 73.3 cm³/mol. The van der Waals surface area contributed by atoms with E-state index in [2.05, 4.69) is 9.97 Å². The minimum Gasteiger partial charge on any atom is -0.257 e. The van der Waals surface area contributed by atoms with Crippen molar-refractivity contribution in [3.05, 3.63) is 51.9 Å². The van der Waals surface area contributed by atoms with Gasteiger partial charge in [0.05, 0.1) is 32.3 Å². The lowest BCUT2D eigenvalue weighted by Gasteiger charge is -2.04. The van der Waals surface area contributed by atoms with Gasteiger partial charge in [-0.15, -0.1) is 0 Å². The molecular weight excluding hydrogens is 291 g/mol. The van der Waals surface area contributed by atoms with Crippen molar-refractivity contribution in [1.29, 1.82) is 0 Å². The summed E-state index contributed by atoms with van der Waals surface area (Å²) in [5.74, 6) is 0.228. The average Bonchev–Trinajstić information content (AvgIpc) is 2.33. The molecule has 94 valence electrons. The van der Waals surface area contributed by atoms with Crippen LogP contribution >= 0.6 is 23.2 Å². The summed E-state index contributed by atoms with van der Waals surface area (Å²) in [5.41, 5.74) is 1.58. The quantitative estimate of drug-likeness (QED) is 0.872. The van der Waals surface area contributed by atoms with Gasteiger partial charge < -0.3 is 0 Å². The largest absolute Gasteiger partial charge is 0.257 e. The van der Waals surface area contributed by atoms with Gasteiger partial charge in [0.15, 0.2) is 0 Å². The Labute approximate surface area is 118 Å². The normalized spacial score (nSPS) is 12.4. The second kappa shape index (κ2) is 5.78. The molecular formula is C12H10Cl2N2OS. The fourth-order valence-corrected chi connectivity index (χ4v) is 2.88. The maximum atomic E-state index is 12.1. The Morgan fingerprint density at radius 1 is 1.22 bits per heavy atom. The zero-order valence-electron chi connectivity index (χ0n) is 9.56. The third-order valence-electron chi connectivity index (χ3n) is 2.27. The highest BCUT2D eigenvalue weighted by molar-refractivity contribution is 7.84. The van der Waals surface area contributed by atoms with Crippen LogP contribution in [0.1, 0.15) is 11.3 Å². The van der Waals surface area contributed by atoms with Gasteiger partial charge in [-0.2, -0.15) is 0 Å². The molecule has 1 atom stereocenters. The van der Waals surface area contributed by atoms with E-state index in [0.29, 0.717) is 20.8 Å². The molecule has 0 aromatic carbocycles. The Morgan fingerprint density at radius 3 is 2.61 bits per heavy atom. The van der Waals surface area contributed by atoms with E-state index < -0.39 is 10.8 Å². The van der Waals surface area contributed by atoms with Crippen molar-refractivity contribution in [2.75, 3.05) is 0 Å². The van der Waals surface area contributed by atoms with E-state index in [1.807, 2.05) is 13.0 Å². The number of hydrogen-bond acceptors (Lipinski definition) is 3. The van der Waals surface area contributed by atoms with Crippen LogP contribution in [0.15, 0.2) is 35.6 Å². The van der Waals surface area contributed by atoms with E-state index in [1.165, 1.54) is 6.20 Å².